The van der Waals surface area contributed by atoms with E-state index < -0.39 is 0 Å². The number of rotatable bonds is 3. The highest BCUT2D eigenvalue weighted by molar-refractivity contribution is 5.80. The second kappa shape index (κ2) is 69.9. The highest BCUT2D eigenvalue weighted by atomic mass is 15.3. The summed E-state index contributed by atoms with van der Waals surface area (Å²) in [5.74, 6) is 2.64. The van der Waals surface area contributed by atoms with Crippen molar-refractivity contribution >= 4 is 17.5 Å². The van der Waals surface area contributed by atoms with Gasteiger partial charge in [0.2, 0.25) is 0 Å². The lowest BCUT2D eigenvalue weighted by Crippen LogP contribution is -2.04. The van der Waals surface area contributed by atoms with Crippen LogP contribution in [0.2, 0.25) is 0 Å². The lowest BCUT2D eigenvalue weighted by molar-refractivity contribution is 0.847. The van der Waals surface area contributed by atoms with Gasteiger partial charge in [-0.05, 0) is 68.4 Å². The van der Waals surface area contributed by atoms with Gasteiger partial charge in [-0.3, -0.25) is 15.5 Å². The number of amidine groups is 2. The van der Waals surface area contributed by atoms with Gasteiger partial charge < -0.3 is 11.5 Å². The summed E-state index contributed by atoms with van der Waals surface area (Å²) in [6, 6.07) is 21.0. The third kappa shape index (κ3) is 54.2. The molecule has 338 valence electrons. The fraction of sp³-hybridized carbons (Fsp3) is 0.435. The molecule has 6 aromatic heterocycles. The Bertz CT molecular complexity index is 1620. The van der Waals surface area contributed by atoms with E-state index in [0.29, 0.717) is 17.5 Å². The van der Waals surface area contributed by atoms with E-state index >= 15 is 0 Å². The zero-order valence-corrected chi connectivity index (χ0v) is 38.6. The van der Waals surface area contributed by atoms with Gasteiger partial charge in [0, 0.05) is 55.7 Å². The average molecular weight is 830 g/mol. The Morgan fingerprint density at radius 2 is 1.03 bits per heavy atom. The van der Waals surface area contributed by atoms with Crippen molar-refractivity contribution in [2.75, 3.05) is 0 Å². The third-order valence-electron chi connectivity index (χ3n) is 3.96. The highest BCUT2D eigenvalue weighted by Gasteiger charge is 1.98. The number of pyridine rings is 3. The maximum absolute atomic E-state index is 7.29. The summed E-state index contributed by atoms with van der Waals surface area (Å²) in [6.45, 7) is 35.3. The number of nitrogens with two attached hydrogens (primary N) is 2. The zero-order valence-electron chi connectivity index (χ0n) is 41.6. The SMILES string of the molecule is C.C.CC.CC.CC.CC.CC.CC.CC.CC.CC(=N)N.CC(N)=Nc1cccc(-n2cccn2)n1.[3H]c1cccc(-n2cccn2)n1.[3H]c1cccc([3H])n1.c1cn[nH]c1. The van der Waals surface area contributed by atoms with Crippen LogP contribution in [-0.4, -0.2) is 56.4 Å². The van der Waals surface area contributed by atoms with Crippen molar-refractivity contribution in [3.05, 3.63) is 128 Å². The Balaban J connectivity index is -0.0000000773. The first-order valence-corrected chi connectivity index (χ1v) is 20.0. The van der Waals surface area contributed by atoms with Crippen molar-refractivity contribution < 1.29 is 4.11 Å². The summed E-state index contributed by atoms with van der Waals surface area (Å²) >= 11 is 0. The molecule has 6 N–H and O–H groups in total. The Kier molecular flexibility index (Phi) is 76.9. The van der Waals surface area contributed by atoms with Gasteiger partial charge in [-0.25, -0.2) is 24.3 Å². The van der Waals surface area contributed by atoms with Gasteiger partial charge in [-0.15, -0.1) is 0 Å². The second-order valence-corrected chi connectivity index (χ2v) is 7.48. The number of H-pyrrole nitrogens is 1. The van der Waals surface area contributed by atoms with Crippen LogP contribution >= 0.6 is 0 Å². The predicted molar refractivity (Wildman–Crippen MR) is 264 cm³/mol. The van der Waals surface area contributed by atoms with Gasteiger partial charge in [0.05, 0.1) is 15.8 Å². The molecule has 0 aromatic carbocycles. The van der Waals surface area contributed by atoms with Crippen molar-refractivity contribution in [2.45, 2.75) is 139 Å². The van der Waals surface area contributed by atoms with E-state index in [-0.39, 0.29) is 39.2 Å². The smallest absolute Gasteiger partial charge is 0.156 e. The Morgan fingerprint density at radius 3 is 1.36 bits per heavy atom. The van der Waals surface area contributed by atoms with Gasteiger partial charge in [-0.2, -0.15) is 15.3 Å². The molecule has 13 nitrogen and oxygen atoms in total. The minimum Gasteiger partial charge on any atom is -0.388 e. The summed E-state index contributed by atoms with van der Waals surface area (Å²) in [4.78, 5) is 15.9. The second-order valence-electron chi connectivity index (χ2n) is 7.48. The van der Waals surface area contributed by atoms with E-state index in [2.05, 4.69) is 40.3 Å². The molecule has 0 fully saturated rings. The summed E-state index contributed by atoms with van der Waals surface area (Å²) in [5, 5.41) is 20.6. The molecule has 6 heterocycles. The minimum absolute atomic E-state index is 0. The lowest BCUT2D eigenvalue weighted by atomic mass is 10.4. The van der Waals surface area contributed by atoms with Crippen molar-refractivity contribution in [1.29, 1.82) is 5.41 Å². The van der Waals surface area contributed by atoms with Crippen molar-refractivity contribution in [3.63, 3.8) is 0 Å². The molecule has 0 amide bonds. The Labute approximate surface area is 367 Å². The van der Waals surface area contributed by atoms with Gasteiger partial charge in [0.25, 0.3) is 0 Å². The molecule has 0 bridgehead atoms. The molecule has 0 radical (unpaired) electrons. The van der Waals surface area contributed by atoms with Crippen LogP contribution < -0.4 is 11.5 Å². The Morgan fingerprint density at radius 1 is 0.593 bits per heavy atom. The number of aromatic amines is 1. The average Bonchev–Trinajstić information content (AvgIpc) is 4.14. The first-order chi connectivity index (χ1) is 29.1. The number of aromatic nitrogens is 9. The van der Waals surface area contributed by atoms with Crippen LogP contribution in [-0.2, 0) is 0 Å². The van der Waals surface area contributed by atoms with Crippen molar-refractivity contribution in [3.8, 4) is 11.6 Å². The van der Waals surface area contributed by atoms with Gasteiger partial charge in [0.15, 0.2) is 17.5 Å². The first kappa shape index (κ1) is 64.9. The quantitative estimate of drug-likeness (QED) is 0.1000. The van der Waals surface area contributed by atoms with Crippen LogP contribution in [0.15, 0.2) is 133 Å². The Hall–Kier alpha value is -5.98. The molecular weight excluding hydrogens is 735 g/mol. The summed E-state index contributed by atoms with van der Waals surface area (Å²) in [6.07, 6.45) is 11.0. The van der Waals surface area contributed by atoms with Gasteiger partial charge in [0.1, 0.15) is 0 Å². The van der Waals surface area contributed by atoms with E-state index in [1.165, 1.54) is 19.1 Å². The van der Waals surface area contributed by atoms with Crippen LogP contribution in [0.3, 0.4) is 0 Å². The van der Waals surface area contributed by atoms with Crippen molar-refractivity contribution in [1.82, 2.24) is 44.7 Å². The standard InChI is InChI=1S/C10H11N5.C8H7N3.C5H5N.C3H4N2.C2H6N2.8C2H6.2CH4/c1-8(11)13-9-4-2-5-10(14-9)15-7-3-6-12-15;1-2-5-9-8(4-1)11-7-3-6-10-11;1-2-4-6-5-3-1;1-2-4-5-3-1;1-2(3)4;8*1-2;;/h2-7H,1H3,(H2,11,13,14);1-7H;1-5H;1-3H,(H,4,5);1H3,(H3,3,4);8*1-2H3;2*1H4/i;5T;4T,5T;;;;;;;;;;;;. The van der Waals surface area contributed by atoms with E-state index in [1.807, 2.05) is 153 Å². The van der Waals surface area contributed by atoms with Crippen LogP contribution in [0.1, 0.15) is 144 Å². The molecule has 0 aliphatic rings. The van der Waals surface area contributed by atoms with E-state index in [4.69, 9.17) is 21.0 Å². The van der Waals surface area contributed by atoms with Crippen LogP contribution in [0, 0.1) is 5.41 Å². The molecule has 0 unspecified atom stereocenters. The summed E-state index contributed by atoms with van der Waals surface area (Å²) in [5.41, 5.74) is 10.2. The first-order valence-electron chi connectivity index (χ1n) is 21.5. The molecule has 13 heteroatoms. The molecule has 59 heavy (non-hydrogen) atoms. The van der Waals surface area contributed by atoms with Crippen LogP contribution in [0.4, 0.5) is 5.82 Å². The van der Waals surface area contributed by atoms with Crippen molar-refractivity contribution in [2.24, 2.45) is 16.5 Å². The molecule has 0 saturated carbocycles. The number of nitrogens with zero attached hydrogens (tertiary/aromatic N) is 9. The maximum Gasteiger partial charge on any atom is 0.156 e. The third-order valence-corrected chi connectivity index (χ3v) is 3.96. The monoisotopic (exact) mass is 830 g/mol. The largest absolute Gasteiger partial charge is 0.388 e. The van der Waals surface area contributed by atoms with Gasteiger partial charge in [-0.1, -0.05) is 144 Å². The molecule has 0 atom stereocenters. The normalized spacial score (nSPS) is 8.24. The van der Waals surface area contributed by atoms with Crippen LogP contribution in [0.25, 0.3) is 11.6 Å². The number of hydrogen-bond donors (Lipinski definition) is 4. The zero-order chi connectivity index (χ0) is 48.2. The van der Waals surface area contributed by atoms with Crippen LogP contribution in [0.5, 0.6) is 0 Å². The lowest BCUT2D eigenvalue weighted by Gasteiger charge is -2.00. The topological polar surface area (TPSA) is 191 Å². The summed E-state index contributed by atoms with van der Waals surface area (Å²) < 4.78 is 24.4. The number of nitrogens with one attached hydrogen (secondary N) is 2. The van der Waals surface area contributed by atoms with E-state index in [9.17, 15) is 0 Å². The molecule has 0 aliphatic heterocycles. The molecule has 0 saturated heterocycles. The fourth-order valence-electron chi connectivity index (χ4n) is 2.50. The molecule has 6 aromatic rings. The fourth-order valence-corrected chi connectivity index (χ4v) is 2.50. The molecular formula is C46H89N13. The maximum atomic E-state index is 7.29. The molecule has 0 spiro atoms. The number of aliphatic imine (C=N–C) groups is 1. The highest BCUT2D eigenvalue weighted by Crippen LogP contribution is 2.11. The molecule has 0 aliphatic carbocycles. The van der Waals surface area contributed by atoms with Gasteiger partial charge >= 0.3 is 0 Å². The van der Waals surface area contributed by atoms with E-state index in [1.54, 1.807) is 71.5 Å². The summed E-state index contributed by atoms with van der Waals surface area (Å²) in [7, 11) is 0. The van der Waals surface area contributed by atoms with E-state index in [0.717, 1.165) is 5.82 Å². The molecule has 6 rings (SSSR count). The predicted octanol–water partition coefficient (Wildman–Crippen LogP) is 13.5. The minimum atomic E-state index is 0. The number of hydrogen-bond acceptors (Lipinski definition) is 8.